The highest BCUT2D eigenvalue weighted by molar-refractivity contribution is 8.13. The van der Waals surface area contributed by atoms with Crippen LogP contribution < -0.4 is 4.74 Å². The van der Waals surface area contributed by atoms with Gasteiger partial charge in [-0.3, -0.25) is 0 Å². The lowest BCUT2D eigenvalue weighted by molar-refractivity contribution is -0.276. The lowest BCUT2D eigenvalue weighted by Gasteiger charge is -2.17. The number of rotatable bonds is 3. The Bertz CT molecular complexity index is 723. The van der Waals surface area contributed by atoms with Gasteiger partial charge in [0.1, 0.15) is 11.0 Å². The number of hydrogen-bond acceptors (Lipinski definition) is 5. The standard InChI is InChI=1S/C9H2ClF6NO3S2/c10-22(18,19)5-2-1-4(3-17)7(21-9(14,15)16)6(5)20-8(11,12)13/h1-2H. The SMILES string of the molecule is N#Cc1ccc(S(=O)(=O)Cl)c(OC(F)(F)F)c1SC(F)(F)F. The highest BCUT2D eigenvalue weighted by Crippen LogP contribution is 2.47. The van der Waals surface area contributed by atoms with E-state index in [2.05, 4.69) is 4.74 Å². The zero-order valence-corrected chi connectivity index (χ0v) is 12.2. The molecule has 1 aromatic carbocycles. The fraction of sp³-hybridized carbons (Fsp3) is 0.222. The van der Waals surface area contributed by atoms with E-state index in [0.717, 1.165) is 0 Å². The van der Waals surface area contributed by atoms with Crippen molar-refractivity contribution >= 4 is 31.5 Å². The summed E-state index contributed by atoms with van der Waals surface area (Å²) in [6.07, 6.45) is -5.49. The average molecular weight is 386 g/mol. The van der Waals surface area contributed by atoms with Gasteiger partial charge < -0.3 is 4.74 Å². The maximum atomic E-state index is 12.4. The number of nitrogens with zero attached hydrogens (tertiary/aromatic N) is 1. The monoisotopic (exact) mass is 385 g/mol. The van der Waals surface area contributed by atoms with Crippen molar-refractivity contribution in [1.82, 2.24) is 0 Å². The molecule has 22 heavy (non-hydrogen) atoms. The van der Waals surface area contributed by atoms with Gasteiger partial charge in [-0.05, 0) is 23.9 Å². The van der Waals surface area contributed by atoms with Gasteiger partial charge in [0, 0.05) is 10.7 Å². The molecule has 0 fully saturated rings. The quantitative estimate of drug-likeness (QED) is 0.447. The molecule has 1 aromatic rings. The normalized spacial score (nSPS) is 12.8. The summed E-state index contributed by atoms with van der Waals surface area (Å²) in [6, 6.07) is 2.25. The molecule has 0 amide bonds. The van der Waals surface area contributed by atoms with E-state index in [9.17, 15) is 34.8 Å². The molecule has 13 heteroatoms. The van der Waals surface area contributed by atoms with Crippen molar-refractivity contribution < 1.29 is 39.5 Å². The highest BCUT2D eigenvalue weighted by atomic mass is 35.7. The number of nitriles is 1. The fourth-order valence-corrected chi connectivity index (χ4v) is 2.98. The first kappa shape index (κ1) is 18.7. The molecule has 0 radical (unpaired) electrons. The molecule has 0 saturated heterocycles. The van der Waals surface area contributed by atoms with Crippen LogP contribution in [0.25, 0.3) is 0 Å². The van der Waals surface area contributed by atoms with Gasteiger partial charge >= 0.3 is 11.9 Å². The van der Waals surface area contributed by atoms with E-state index in [1.165, 1.54) is 6.07 Å². The summed E-state index contributed by atoms with van der Waals surface area (Å²) in [5.74, 6) is -1.70. The average Bonchev–Trinajstić information content (AvgIpc) is 2.25. The largest absolute Gasteiger partial charge is 0.573 e. The van der Waals surface area contributed by atoms with Crippen LogP contribution in [-0.4, -0.2) is 20.3 Å². The van der Waals surface area contributed by atoms with Gasteiger partial charge in [-0.1, -0.05) is 0 Å². The Labute approximate surface area is 128 Å². The van der Waals surface area contributed by atoms with E-state index in [1.807, 2.05) is 0 Å². The van der Waals surface area contributed by atoms with Crippen LogP contribution in [-0.2, 0) is 9.05 Å². The Morgan fingerprint density at radius 3 is 2.09 bits per heavy atom. The predicted molar refractivity (Wildman–Crippen MR) is 62.8 cm³/mol. The number of ether oxygens (including phenoxy) is 1. The Morgan fingerprint density at radius 2 is 1.73 bits per heavy atom. The Kier molecular flexibility index (Phi) is 5.15. The second kappa shape index (κ2) is 6.05. The van der Waals surface area contributed by atoms with E-state index >= 15 is 0 Å². The molecular formula is C9H2ClF6NO3S2. The van der Waals surface area contributed by atoms with Crippen molar-refractivity contribution in [1.29, 1.82) is 5.26 Å². The van der Waals surface area contributed by atoms with Crippen LogP contribution in [0.2, 0.25) is 0 Å². The molecule has 0 aromatic heterocycles. The van der Waals surface area contributed by atoms with Crippen LogP contribution in [0.5, 0.6) is 5.75 Å². The van der Waals surface area contributed by atoms with Crippen LogP contribution in [0.3, 0.4) is 0 Å². The molecule has 0 unspecified atom stereocenters. The van der Waals surface area contributed by atoms with Crippen molar-refractivity contribution in [3.05, 3.63) is 17.7 Å². The number of hydrogen-bond donors (Lipinski definition) is 0. The number of thioether (sulfide) groups is 1. The van der Waals surface area contributed by atoms with Gasteiger partial charge in [0.25, 0.3) is 9.05 Å². The molecule has 0 atom stereocenters. The van der Waals surface area contributed by atoms with Crippen LogP contribution in [0.1, 0.15) is 5.56 Å². The molecule has 0 aliphatic rings. The maximum Gasteiger partial charge on any atom is 0.573 e. The third-order valence-corrected chi connectivity index (χ3v) is 4.08. The number of benzene rings is 1. The highest BCUT2D eigenvalue weighted by Gasteiger charge is 2.39. The van der Waals surface area contributed by atoms with Gasteiger partial charge in [0.15, 0.2) is 5.75 Å². The molecule has 0 saturated carbocycles. The van der Waals surface area contributed by atoms with Crippen LogP contribution in [0, 0.1) is 11.3 Å². The summed E-state index contributed by atoms with van der Waals surface area (Å²) in [7, 11) is 0.0310. The Morgan fingerprint density at radius 1 is 1.18 bits per heavy atom. The van der Waals surface area contributed by atoms with E-state index in [0.29, 0.717) is 12.1 Å². The molecule has 0 aliphatic carbocycles. The lowest BCUT2D eigenvalue weighted by Crippen LogP contribution is -2.20. The molecule has 0 heterocycles. The second-order valence-corrected chi connectivity index (χ2v) is 7.02. The zero-order valence-electron chi connectivity index (χ0n) is 9.79. The van der Waals surface area contributed by atoms with E-state index < -0.39 is 53.8 Å². The first-order valence-corrected chi connectivity index (χ1v) is 7.90. The smallest absolute Gasteiger partial charge is 0.403 e. The third kappa shape index (κ3) is 5.15. The molecule has 1 rings (SSSR count). The summed E-state index contributed by atoms with van der Waals surface area (Å²) in [6.45, 7) is 0. The first-order chi connectivity index (χ1) is 9.74. The van der Waals surface area contributed by atoms with E-state index in [-0.39, 0.29) is 0 Å². The van der Waals surface area contributed by atoms with Gasteiger partial charge in [-0.2, -0.15) is 18.4 Å². The Hall–Kier alpha value is -1.32. The summed E-state index contributed by atoms with van der Waals surface area (Å²) >= 11 is -1.12. The lowest BCUT2D eigenvalue weighted by atomic mass is 10.2. The molecule has 0 bridgehead atoms. The van der Waals surface area contributed by atoms with Gasteiger partial charge in [0.2, 0.25) is 0 Å². The minimum atomic E-state index is -5.49. The van der Waals surface area contributed by atoms with Crippen LogP contribution in [0.15, 0.2) is 21.9 Å². The van der Waals surface area contributed by atoms with Crippen molar-refractivity contribution in [2.45, 2.75) is 21.7 Å². The summed E-state index contributed by atoms with van der Waals surface area (Å²) in [4.78, 5) is -2.69. The second-order valence-electron chi connectivity index (χ2n) is 3.41. The molecular weight excluding hydrogens is 384 g/mol. The van der Waals surface area contributed by atoms with Crippen molar-refractivity contribution in [3.8, 4) is 11.8 Å². The summed E-state index contributed by atoms with van der Waals surface area (Å²) < 4.78 is 100. The van der Waals surface area contributed by atoms with Crippen LogP contribution >= 0.6 is 22.4 Å². The number of alkyl halides is 6. The molecule has 0 spiro atoms. The molecule has 0 N–H and O–H groups in total. The topological polar surface area (TPSA) is 67.2 Å². The predicted octanol–water partition coefficient (Wildman–Crippen LogP) is 4.00. The number of halogens is 7. The minimum Gasteiger partial charge on any atom is -0.403 e. The zero-order chi connectivity index (χ0) is 17.3. The van der Waals surface area contributed by atoms with Crippen molar-refractivity contribution in [2.75, 3.05) is 0 Å². The van der Waals surface area contributed by atoms with Crippen LogP contribution in [0.4, 0.5) is 26.3 Å². The minimum absolute atomic E-state index is 0.447. The third-order valence-electron chi connectivity index (χ3n) is 1.89. The van der Waals surface area contributed by atoms with E-state index in [4.69, 9.17) is 15.9 Å². The van der Waals surface area contributed by atoms with E-state index in [1.54, 1.807) is 0 Å². The van der Waals surface area contributed by atoms with Crippen molar-refractivity contribution in [3.63, 3.8) is 0 Å². The summed E-state index contributed by atoms with van der Waals surface area (Å²) in [5.41, 5.74) is -5.95. The molecule has 0 aliphatic heterocycles. The summed E-state index contributed by atoms with van der Waals surface area (Å²) in [5, 5.41) is 8.68. The fourth-order valence-electron chi connectivity index (χ4n) is 1.25. The van der Waals surface area contributed by atoms with Crippen molar-refractivity contribution in [2.24, 2.45) is 0 Å². The maximum absolute atomic E-state index is 12.4. The van der Waals surface area contributed by atoms with Gasteiger partial charge in [-0.25, -0.2) is 8.42 Å². The first-order valence-electron chi connectivity index (χ1n) is 4.78. The molecule has 122 valence electrons. The Balaban J connectivity index is 3.72. The molecule has 4 nitrogen and oxygen atoms in total. The van der Waals surface area contributed by atoms with Gasteiger partial charge in [0.05, 0.1) is 10.5 Å². The van der Waals surface area contributed by atoms with Gasteiger partial charge in [-0.15, -0.1) is 13.2 Å².